The Hall–Kier alpha value is -2.78. The number of aryl methyl sites for hydroxylation is 3. The molecule has 272 valence electrons. The minimum atomic E-state index is -4.26. The van der Waals surface area contributed by atoms with Crippen LogP contribution in [0.15, 0.2) is 24.3 Å². The van der Waals surface area contributed by atoms with Gasteiger partial charge in [0.15, 0.2) is 0 Å². The van der Waals surface area contributed by atoms with Crippen LogP contribution in [0.2, 0.25) is 0 Å². The van der Waals surface area contributed by atoms with E-state index in [0.29, 0.717) is 47.4 Å². The van der Waals surface area contributed by atoms with Gasteiger partial charge in [-0.15, -0.1) is 11.3 Å². The summed E-state index contributed by atoms with van der Waals surface area (Å²) >= 11 is 1.11. The molecular formula is C36H48F3N7O2S2. The Kier molecular flexibility index (Phi) is 9.72. The number of likely N-dealkylation sites (tertiary alicyclic amines) is 1. The second-order valence-electron chi connectivity index (χ2n) is 14.7. The molecular weight excluding hydrogens is 684 g/mol. The molecule has 3 saturated heterocycles. The van der Waals surface area contributed by atoms with E-state index in [4.69, 9.17) is 0 Å². The third-order valence-electron chi connectivity index (χ3n) is 11.1. The maximum absolute atomic E-state index is 13.1. The number of aromatic nitrogens is 3. The first-order chi connectivity index (χ1) is 23.7. The van der Waals surface area contributed by atoms with E-state index in [1.54, 1.807) is 10.4 Å². The number of piperidine rings is 1. The fourth-order valence-electron chi connectivity index (χ4n) is 8.55. The largest absolute Gasteiger partial charge is 0.393 e. The van der Waals surface area contributed by atoms with Gasteiger partial charge in [-0.05, 0) is 75.8 Å². The lowest BCUT2D eigenvalue weighted by Crippen LogP contribution is -2.58. The summed E-state index contributed by atoms with van der Waals surface area (Å²) in [7, 11) is -3.17. The summed E-state index contributed by atoms with van der Waals surface area (Å²) in [4.78, 5) is 15.1. The van der Waals surface area contributed by atoms with E-state index < -0.39 is 22.6 Å². The second kappa shape index (κ2) is 13.6. The minimum Gasteiger partial charge on any atom is -0.367 e. The zero-order valence-corrected chi connectivity index (χ0v) is 31.2. The average molecular weight is 732 g/mol. The molecule has 7 rings (SSSR count). The molecule has 9 nitrogen and oxygen atoms in total. The molecule has 3 aliphatic heterocycles. The van der Waals surface area contributed by atoms with Crippen molar-refractivity contribution < 1.29 is 21.6 Å². The van der Waals surface area contributed by atoms with Crippen molar-refractivity contribution in [3.8, 4) is 0 Å². The molecule has 0 amide bonds. The minimum absolute atomic E-state index is 0.187. The third-order valence-corrected chi connectivity index (χ3v) is 13.4. The Morgan fingerprint density at radius 2 is 1.72 bits per heavy atom. The second-order valence-corrected chi connectivity index (χ2v) is 17.8. The standard InChI is InChI=1S/C36H48F3N7O2S2/c1-6-33-41-34(31-16-29(17-36(37,38)39)49-35(31)42-33)40-26-11-13-43(14-12-26)19-25-7-10-32-30(24(25)4)15-22(2)45(32)18-23(3)46-27-8-9-28(46)21-44(20-27)50(5,47)48/h7,10,15-16,23,26-28H,6,8-9,11-14,17-21H2,1-5H3,(H,40,41,42)/t23-,27?,28?/m0/s1. The van der Waals surface area contributed by atoms with Crippen molar-refractivity contribution in [3.63, 3.8) is 0 Å². The number of nitrogens with zero attached hydrogens (tertiary/aromatic N) is 6. The number of alkyl halides is 3. The van der Waals surface area contributed by atoms with Gasteiger partial charge >= 0.3 is 6.18 Å². The van der Waals surface area contributed by atoms with E-state index in [-0.39, 0.29) is 23.0 Å². The van der Waals surface area contributed by atoms with Gasteiger partial charge in [-0.25, -0.2) is 18.4 Å². The molecule has 1 N–H and O–H groups in total. The lowest BCUT2D eigenvalue weighted by Gasteiger charge is -2.43. The van der Waals surface area contributed by atoms with Crippen LogP contribution in [0.1, 0.15) is 67.1 Å². The molecule has 50 heavy (non-hydrogen) atoms. The number of thiophene rings is 1. The van der Waals surface area contributed by atoms with Gasteiger partial charge in [-0.2, -0.15) is 17.5 Å². The van der Waals surface area contributed by atoms with Crippen molar-refractivity contribution in [1.29, 1.82) is 0 Å². The van der Waals surface area contributed by atoms with Crippen molar-refractivity contribution in [2.75, 3.05) is 37.8 Å². The topological polar surface area (TPSA) is 86.6 Å². The first kappa shape index (κ1) is 35.6. The van der Waals surface area contributed by atoms with E-state index in [0.717, 1.165) is 63.2 Å². The highest BCUT2D eigenvalue weighted by molar-refractivity contribution is 7.88. The number of nitrogens with one attached hydrogen (secondary N) is 1. The Bertz CT molecular complexity index is 1970. The van der Waals surface area contributed by atoms with Crippen molar-refractivity contribution in [1.82, 2.24) is 28.6 Å². The van der Waals surface area contributed by atoms with Gasteiger partial charge < -0.3 is 9.88 Å². The van der Waals surface area contributed by atoms with Gasteiger partial charge in [-0.3, -0.25) is 9.80 Å². The highest BCUT2D eigenvalue weighted by Gasteiger charge is 2.44. The van der Waals surface area contributed by atoms with Crippen LogP contribution in [0.3, 0.4) is 0 Å². The predicted octanol–water partition coefficient (Wildman–Crippen LogP) is 6.50. The fourth-order valence-corrected chi connectivity index (χ4v) is 10.5. The number of fused-ring (bicyclic) bond motifs is 4. The Labute approximate surface area is 296 Å². The van der Waals surface area contributed by atoms with Crippen LogP contribution >= 0.6 is 11.3 Å². The maximum atomic E-state index is 13.1. The van der Waals surface area contributed by atoms with E-state index in [1.807, 2.05) is 6.92 Å². The molecule has 2 bridgehead atoms. The molecule has 14 heteroatoms. The molecule has 0 radical (unpaired) electrons. The highest BCUT2D eigenvalue weighted by atomic mass is 32.2. The van der Waals surface area contributed by atoms with Gasteiger partial charge in [0.25, 0.3) is 0 Å². The molecule has 3 aliphatic rings. The predicted molar refractivity (Wildman–Crippen MR) is 194 cm³/mol. The molecule has 1 aromatic carbocycles. The van der Waals surface area contributed by atoms with Crippen molar-refractivity contribution in [3.05, 3.63) is 51.8 Å². The van der Waals surface area contributed by atoms with E-state index in [2.05, 4.69) is 68.6 Å². The summed E-state index contributed by atoms with van der Waals surface area (Å²) in [5.74, 6) is 1.29. The fraction of sp³-hybridized carbons (Fsp3) is 0.611. The van der Waals surface area contributed by atoms with E-state index in [9.17, 15) is 21.6 Å². The summed E-state index contributed by atoms with van der Waals surface area (Å²) in [6.07, 6.45) is 0.671. The maximum Gasteiger partial charge on any atom is 0.393 e. The molecule has 4 aromatic rings. The summed E-state index contributed by atoms with van der Waals surface area (Å²) in [6.45, 7) is 13.4. The van der Waals surface area contributed by atoms with Crippen LogP contribution in [-0.2, 0) is 36.0 Å². The third kappa shape index (κ3) is 7.28. The lowest BCUT2D eigenvalue weighted by molar-refractivity contribution is -0.126. The SMILES string of the molecule is CCc1nc(NC2CCN(Cc3ccc4c(cc(C)n4C[C@H](C)N4C5CCC4CN(S(C)(=O)=O)C5)c3C)CC2)c2cc(CC(F)(F)F)sc2n1. The number of hydrogen-bond acceptors (Lipinski definition) is 8. The number of benzene rings is 1. The van der Waals surface area contributed by atoms with Crippen molar-refractivity contribution in [2.45, 2.75) is 110 Å². The smallest absolute Gasteiger partial charge is 0.367 e. The van der Waals surface area contributed by atoms with Crippen molar-refractivity contribution in [2.24, 2.45) is 0 Å². The van der Waals surface area contributed by atoms with Crippen LogP contribution in [-0.4, -0.2) is 99.8 Å². The number of sulfonamides is 1. The summed E-state index contributed by atoms with van der Waals surface area (Å²) in [5.41, 5.74) is 5.11. The summed E-state index contributed by atoms with van der Waals surface area (Å²) < 4.78 is 67.9. The van der Waals surface area contributed by atoms with Gasteiger partial charge in [0.1, 0.15) is 16.5 Å². The zero-order chi connectivity index (χ0) is 35.5. The molecule has 3 fully saturated rings. The highest BCUT2D eigenvalue weighted by Crippen LogP contribution is 2.36. The lowest BCUT2D eigenvalue weighted by atomic mass is 10.0. The van der Waals surface area contributed by atoms with Gasteiger partial charge in [-0.1, -0.05) is 13.0 Å². The van der Waals surface area contributed by atoms with Crippen LogP contribution in [0.5, 0.6) is 0 Å². The van der Waals surface area contributed by atoms with Gasteiger partial charge in [0.05, 0.1) is 18.1 Å². The Morgan fingerprint density at radius 3 is 2.36 bits per heavy atom. The normalized spacial score (nSPS) is 22.2. The van der Waals surface area contributed by atoms with Crippen LogP contribution in [0.4, 0.5) is 19.0 Å². The van der Waals surface area contributed by atoms with Crippen LogP contribution in [0, 0.1) is 13.8 Å². The first-order valence-corrected chi connectivity index (χ1v) is 20.5. The average Bonchev–Trinajstić information content (AvgIpc) is 3.68. The van der Waals surface area contributed by atoms with Gasteiger partial charge in [0.2, 0.25) is 10.0 Å². The molecule has 3 atom stereocenters. The van der Waals surface area contributed by atoms with Crippen molar-refractivity contribution >= 4 is 48.3 Å². The molecule has 0 spiro atoms. The van der Waals surface area contributed by atoms with Gasteiger partial charge in [0, 0.05) is 91.3 Å². The summed E-state index contributed by atoms with van der Waals surface area (Å²) in [5, 5.41) is 5.54. The number of rotatable bonds is 10. The van der Waals surface area contributed by atoms with Crippen LogP contribution < -0.4 is 5.32 Å². The number of hydrogen-bond donors (Lipinski definition) is 1. The van der Waals surface area contributed by atoms with Crippen LogP contribution in [0.25, 0.3) is 21.1 Å². The number of anilines is 1. The Balaban J connectivity index is 0.995. The van der Waals surface area contributed by atoms with E-state index >= 15 is 0 Å². The Morgan fingerprint density at radius 1 is 1.02 bits per heavy atom. The molecule has 3 aromatic heterocycles. The summed E-state index contributed by atoms with van der Waals surface area (Å²) in [6, 6.07) is 9.48. The number of piperazine rings is 1. The molecule has 6 heterocycles. The molecule has 2 unspecified atom stereocenters. The quantitative estimate of drug-likeness (QED) is 0.199. The molecule has 0 aliphatic carbocycles. The first-order valence-electron chi connectivity index (χ1n) is 17.8. The zero-order valence-electron chi connectivity index (χ0n) is 29.6. The number of halogens is 3. The molecule has 0 saturated carbocycles. The van der Waals surface area contributed by atoms with E-state index in [1.165, 1.54) is 34.0 Å². The monoisotopic (exact) mass is 731 g/mol.